The molecule has 1 fully saturated rings. The molecule has 74 valence electrons. The molecule has 0 aliphatic heterocycles. The van der Waals surface area contributed by atoms with Crippen LogP contribution in [0.5, 0.6) is 0 Å². The first kappa shape index (κ1) is 10.3. The molecule has 3 N–H and O–H groups in total. The van der Waals surface area contributed by atoms with Crippen molar-refractivity contribution in [2.24, 2.45) is 11.0 Å². The van der Waals surface area contributed by atoms with Crippen LogP contribution in [0, 0.1) is 5.92 Å². The maximum absolute atomic E-state index is 9.38. The lowest BCUT2D eigenvalue weighted by Gasteiger charge is -2.37. The second kappa shape index (κ2) is 3.93. The summed E-state index contributed by atoms with van der Waals surface area (Å²) in [7, 11) is 0. The van der Waals surface area contributed by atoms with E-state index in [1.54, 1.807) is 6.92 Å². The van der Waals surface area contributed by atoms with Crippen LogP contribution < -0.4 is 0 Å². The first-order valence-electron chi connectivity index (χ1n) is 4.16. The van der Waals surface area contributed by atoms with E-state index in [1.165, 1.54) is 0 Å². The lowest BCUT2D eigenvalue weighted by Crippen LogP contribution is -2.52. The molecule has 0 spiro atoms. The van der Waals surface area contributed by atoms with Gasteiger partial charge in [0.1, 0.15) is 6.10 Å². The molecule has 13 heavy (non-hydrogen) atoms. The molecule has 0 aromatic carbocycles. The molecule has 0 amide bonds. The van der Waals surface area contributed by atoms with Crippen molar-refractivity contribution >= 4 is 0 Å². The van der Waals surface area contributed by atoms with E-state index < -0.39 is 24.4 Å². The fourth-order valence-corrected chi connectivity index (χ4v) is 1.61. The SMILES string of the molecule is CC1CC(N=[N+]=[N-])C(O)C(O)C1O. The largest absolute Gasteiger partial charge is 0.390 e. The molecule has 0 aromatic heterocycles. The molecule has 1 saturated carbocycles. The minimum Gasteiger partial charge on any atom is -0.390 e. The first-order chi connectivity index (χ1) is 6.07. The van der Waals surface area contributed by atoms with Gasteiger partial charge in [0.05, 0.1) is 18.2 Å². The van der Waals surface area contributed by atoms with Crippen molar-refractivity contribution in [3.8, 4) is 0 Å². The van der Waals surface area contributed by atoms with Gasteiger partial charge in [0.25, 0.3) is 0 Å². The van der Waals surface area contributed by atoms with Crippen LogP contribution in [0.3, 0.4) is 0 Å². The molecule has 5 atom stereocenters. The Hall–Kier alpha value is -0.810. The van der Waals surface area contributed by atoms with E-state index in [9.17, 15) is 15.3 Å². The number of aliphatic hydroxyl groups is 3. The van der Waals surface area contributed by atoms with Gasteiger partial charge >= 0.3 is 0 Å². The molecule has 6 heteroatoms. The Bertz CT molecular complexity index is 229. The van der Waals surface area contributed by atoms with Crippen LogP contribution in [0.25, 0.3) is 10.4 Å². The molecule has 5 unspecified atom stereocenters. The smallest absolute Gasteiger partial charge is 0.106 e. The number of nitrogens with zero attached hydrogens (tertiary/aromatic N) is 3. The highest BCUT2D eigenvalue weighted by atomic mass is 16.4. The molecule has 1 rings (SSSR count). The topological polar surface area (TPSA) is 109 Å². The van der Waals surface area contributed by atoms with E-state index in [0.717, 1.165) is 0 Å². The van der Waals surface area contributed by atoms with Gasteiger partial charge in [-0.1, -0.05) is 12.0 Å². The van der Waals surface area contributed by atoms with Gasteiger partial charge in [0.2, 0.25) is 0 Å². The molecular formula is C7H13N3O3. The van der Waals surface area contributed by atoms with Crippen LogP contribution in [-0.4, -0.2) is 39.7 Å². The third-order valence-electron chi connectivity index (χ3n) is 2.49. The highest BCUT2D eigenvalue weighted by molar-refractivity contribution is 4.94. The van der Waals surface area contributed by atoms with Crippen molar-refractivity contribution in [3.63, 3.8) is 0 Å². The number of rotatable bonds is 1. The molecule has 0 aromatic rings. The van der Waals surface area contributed by atoms with Crippen LogP contribution in [-0.2, 0) is 0 Å². The molecule has 0 radical (unpaired) electrons. The Morgan fingerprint density at radius 3 is 2.38 bits per heavy atom. The number of hydrogen-bond acceptors (Lipinski definition) is 4. The molecule has 1 aliphatic carbocycles. The Morgan fingerprint density at radius 2 is 1.85 bits per heavy atom. The van der Waals surface area contributed by atoms with Gasteiger partial charge in [-0.2, -0.15) is 0 Å². The second-order valence-corrected chi connectivity index (χ2v) is 3.46. The zero-order valence-corrected chi connectivity index (χ0v) is 7.28. The highest BCUT2D eigenvalue weighted by Gasteiger charge is 2.40. The fourth-order valence-electron chi connectivity index (χ4n) is 1.61. The van der Waals surface area contributed by atoms with E-state index >= 15 is 0 Å². The second-order valence-electron chi connectivity index (χ2n) is 3.46. The predicted molar refractivity (Wildman–Crippen MR) is 44.7 cm³/mol. The normalized spacial score (nSPS) is 45.4. The number of aliphatic hydroxyl groups excluding tert-OH is 3. The van der Waals surface area contributed by atoms with Crippen molar-refractivity contribution in [3.05, 3.63) is 10.4 Å². The molecular weight excluding hydrogens is 174 g/mol. The van der Waals surface area contributed by atoms with Crippen LogP contribution in [0.1, 0.15) is 13.3 Å². The maximum atomic E-state index is 9.38. The predicted octanol–water partition coefficient (Wildman–Crippen LogP) is -0.212. The third kappa shape index (κ3) is 1.92. The number of hydrogen-bond donors (Lipinski definition) is 3. The monoisotopic (exact) mass is 187 g/mol. The van der Waals surface area contributed by atoms with Crippen molar-refractivity contribution in [2.75, 3.05) is 0 Å². The zero-order chi connectivity index (χ0) is 10.0. The molecule has 0 heterocycles. The van der Waals surface area contributed by atoms with Crippen LogP contribution in [0.4, 0.5) is 0 Å². The van der Waals surface area contributed by atoms with Gasteiger partial charge in [0, 0.05) is 4.91 Å². The van der Waals surface area contributed by atoms with Gasteiger partial charge in [-0.05, 0) is 17.9 Å². The summed E-state index contributed by atoms with van der Waals surface area (Å²) in [6, 6.07) is -0.640. The quantitative estimate of drug-likeness (QED) is 0.300. The first-order valence-corrected chi connectivity index (χ1v) is 4.16. The van der Waals surface area contributed by atoms with Gasteiger partial charge in [0.15, 0.2) is 0 Å². The summed E-state index contributed by atoms with van der Waals surface area (Å²) in [6.45, 7) is 1.74. The van der Waals surface area contributed by atoms with E-state index in [-0.39, 0.29) is 5.92 Å². The summed E-state index contributed by atoms with van der Waals surface area (Å²) in [5, 5.41) is 31.4. The van der Waals surface area contributed by atoms with Crippen molar-refractivity contribution in [1.29, 1.82) is 0 Å². The Balaban J connectivity index is 2.75. The molecule has 6 nitrogen and oxygen atoms in total. The van der Waals surface area contributed by atoms with Gasteiger partial charge in [-0.25, -0.2) is 0 Å². The summed E-state index contributed by atoms with van der Waals surface area (Å²) in [5.41, 5.74) is 8.18. The van der Waals surface area contributed by atoms with Gasteiger partial charge < -0.3 is 15.3 Å². The standard InChI is InChI=1S/C7H13N3O3/c1-3-2-4(9-10-8)6(12)7(13)5(3)11/h3-7,11-13H,2H2,1H3. The molecule has 0 saturated heterocycles. The van der Waals surface area contributed by atoms with Gasteiger partial charge in [-0.15, -0.1) is 0 Å². The summed E-state index contributed by atoms with van der Waals surface area (Å²) < 4.78 is 0. The van der Waals surface area contributed by atoms with Crippen LogP contribution in [0.15, 0.2) is 5.11 Å². The maximum Gasteiger partial charge on any atom is 0.106 e. The van der Waals surface area contributed by atoms with Crippen LogP contribution >= 0.6 is 0 Å². The third-order valence-corrected chi connectivity index (χ3v) is 2.49. The van der Waals surface area contributed by atoms with E-state index in [0.29, 0.717) is 6.42 Å². The minimum absolute atomic E-state index is 0.172. The summed E-state index contributed by atoms with van der Waals surface area (Å²) >= 11 is 0. The average Bonchev–Trinajstić information content (AvgIpc) is 2.11. The summed E-state index contributed by atoms with van der Waals surface area (Å²) in [6.07, 6.45) is -2.94. The average molecular weight is 187 g/mol. The van der Waals surface area contributed by atoms with Crippen molar-refractivity contribution in [2.45, 2.75) is 37.7 Å². The fraction of sp³-hybridized carbons (Fsp3) is 1.00. The lowest BCUT2D eigenvalue weighted by molar-refractivity contribution is -0.114. The van der Waals surface area contributed by atoms with E-state index in [1.807, 2.05) is 0 Å². The van der Waals surface area contributed by atoms with Gasteiger partial charge in [-0.3, -0.25) is 0 Å². The highest BCUT2D eigenvalue weighted by Crippen LogP contribution is 2.27. The van der Waals surface area contributed by atoms with E-state index in [4.69, 9.17) is 5.53 Å². The Morgan fingerprint density at radius 1 is 1.23 bits per heavy atom. The van der Waals surface area contributed by atoms with Crippen molar-refractivity contribution in [1.82, 2.24) is 0 Å². The number of azide groups is 1. The Labute approximate surface area is 75.4 Å². The zero-order valence-electron chi connectivity index (χ0n) is 7.28. The van der Waals surface area contributed by atoms with E-state index in [2.05, 4.69) is 10.0 Å². The summed E-state index contributed by atoms with van der Waals surface area (Å²) in [4.78, 5) is 2.58. The minimum atomic E-state index is -1.22. The Kier molecular flexibility index (Phi) is 3.11. The lowest BCUT2D eigenvalue weighted by atomic mass is 9.81. The molecule has 1 aliphatic rings. The molecule has 0 bridgehead atoms. The van der Waals surface area contributed by atoms with Crippen molar-refractivity contribution < 1.29 is 15.3 Å². The summed E-state index contributed by atoms with van der Waals surface area (Å²) in [5.74, 6) is -0.172. The van der Waals surface area contributed by atoms with Crippen LogP contribution in [0.2, 0.25) is 0 Å².